The molecule has 0 spiro atoms. The molecule has 3 rings (SSSR count). The van der Waals surface area contributed by atoms with E-state index in [-0.39, 0.29) is 23.5 Å². The molecule has 1 heterocycles. The first-order valence-corrected chi connectivity index (χ1v) is 11.4. The first kappa shape index (κ1) is 23.7. The van der Waals surface area contributed by atoms with E-state index in [9.17, 15) is 26.4 Å². The van der Waals surface area contributed by atoms with Crippen molar-refractivity contribution < 1.29 is 26.4 Å². The van der Waals surface area contributed by atoms with Crippen LogP contribution in [0, 0.1) is 21.0 Å². The quantitative estimate of drug-likeness (QED) is 0.320. The van der Waals surface area contributed by atoms with Gasteiger partial charge in [-0.2, -0.15) is 8.42 Å². The molecule has 2 aromatic carbocycles. The van der Waals surface area contributed by atoms with Gasteiger partial charge in [-0.3, -0.25) is 9.52 Å². The molecule has 8 nitrogen and oxygen atoms in total. The van der Waals surface area contributed by atoms with Crippen LogP contribution >= 0.6 is 22.6 Å². The van der Waals surface area contributed by atoms with Crippen molar-refractivity contribution in [2.75, 3.05) is 10.0 Å². The molecule has 0 bridgehead atoms. The molecule has 32 heavy (non-hydrogen) atoms. The Balaban J connectivity index is 2.01. The summed E-state index contributed by atoms with van der Waals surface area (Å²) in [7, 11) is -4.09. The van der Waals surface area contributed by atoms with Crippen LogP contribution in [-0.2, 0) is 16.6 Å². The van der Waals surface area contributed by atoms with E-state index < -0.39 is 44.8 Å². The van der Waals surface area contributed by atoms with Crippen molar-refractivity contribution in [2.45, 2.75) is 6.42 Å². The zero-order valence-electron chi connectivity index (χ0n) is 16.0. The molecule has 0 aliphatic heterocycles. The van der Waals surface area contributed by atoms with E-state index in [1.54, 1.807) is 0 Å². The number of carbonyl (C=O) groups excluding carboxylic acids is 1. The Hall–Kier alpha value is -2.91. The summed E-state index contributed by atoms with van der Waals surface area (Å²) in [5.41, 5.74) is 4.27. The largest absolute Gasteiger partial charge is 0.366 e. The normalized spacial score (nSPS) is 11.3. The third kappa shape index (κ3) is 5.66. The van der Waals surface area contributed by atoms with Crippen LogP contribution in [0.25, 0.3) is 0 Å². The van der Waals surface area contributed by atoms with Crippen molar-refractivity contribution in [1.29, 1.82) is 0 Å². The smallest absolute Gasteiger partial charge is 0.297 e. The van der Waals surface area contributed by atoms with Crippen molar-refractivity contribution in [3.8, 4) is 0 Å². The second-order valence-corrected chi connectivity index (χ2v) is 9.11. The summed E-state index contributed by atoms with van der Waals surface area (Å²) in [4.78, 5) is 15.7. The Morgan fingerprint density at radius 2 is 1.81 bits per heavy atom. The van der Waals surface area contributed by atoms with Gasteiger partial charge in [0.25, 0.3) is 16.1 Å². The van der Waals surface area contributed by atoms with Crippen LogP contribution in [0.2, 0.25) is 0 Å². The Kier molecular flexibility index (Phi) is 6.90. The van der Waals surface area contributed by atoms with Crippen LogP contribution in [0.3, 0.4) is 0 Å². The molecular formula is C19H15F3IN5O3S. The highest BCUT2D eigenvalue weighted by Gasteiger charge is 2.22. The van der Waals surface area contributed by atoms with Crippen LogP contribution in [0.15, 0.2) is 42.6 Å². The van der Waals surface area contributed by atoms with Crippen LogP contribution < -0.4 is 20.9 Å². The van der Waals surface area contributed by atoms with Crippen molar-refractivity contribution in [3.63, 3.8) is 0 Å². The minimum atomic E-state index is -4.09. The van der Waals surface area contributed by atoms with Crippen LogP contribution in [0.5, 0.6) is 0 Å². The van der Waals surface area contributed by atoms with Gasteiger partial charge < -0.3 is 11.1 Å². The van der Waals surface area contributed by atoms with E-state index in [1.165, 1.54) is 36.5 Å². The van der Waals surface area contributed by atoms with Gasteiger partial charge in [0.2, 0.25) is 0 Å². The molecule has 168 valence electrons. The molecule has 0 aliphatic carbocycles. The van der Waals surface area contributed by atoms with E-state index in [4.69, 9.17) is 10.9 Å². The Morgan fingerprint density at radius 1 is 1.09 bits per heavy atom. The Bertz CT molecular complexity index is 1320. The van der Waals surface area contributed by atoms with Crippen LogP contribution in [-0.4, -0.2) is 19.3 Å². The van der Waals surface area contributed by atoms with Crippen molar-refractivity contribution >= 4 is 55.9 Å². The molecule has 0 fully saturated rings. The number of aromatic nitrogens is 1. The number of carbonyl (C=O) groups is 1. The van der Waals surface area contributed by atoms with Gasteiger partial charge in [0.15, 0.2) is 11.6 Å². The fourth-order valence-electron chi connectivity index (χ4n) is 2.86. The van der Waals surface area contributed by atoms with Gasteiger partial charge in [0.05, 0.1) is 16.9 Å². The zero-order chi connectivity index (χ0) is 23.6. The fourth-order valence-corrected chi connectivity index (χ4v) is 3.71. The number of nitrogens with zero attached hydrogens (tertiary/aromatic N) is 1. The van der Waals surface area contributed by atoms with Gasteiger partial charge in [0, 0.05) is 16.2 Å². The van der Waals surface area contributed by atoms with E-state index >= 15 is 0 Å². The summed E-state index contributed by atoms with van der Waals surface area (Å²) in [6, 6.07) is 7.76. The lowest BCUT2D eigenvalue weighted by atomic mass is 10.00. The number of nitrogens with one attached hydrogen (secondary N) is 2. The summed E-state index contributed by atoms with van der Waals surface area (Å²) < 4.78 is 68.7. The number of hydrogen-bond donors (Lipinski definition) is 4. The Morgan fingerprint density at radius 3 is 2.44 bits per heavy atom. The highest BCUT2D eigenvalue weighted by molar-refractivity contribution is 14.1. The summed E-state index contributed by atoms with van der Waals surface area (Å²) in [5, 5.41) is 7.28. The highest BCUT2D eigenvalue weighted by atomic mass is 127. The predicted molar refractivity (Wildman–Crippen MR) is 121 cm³/mol. The Labute approximate surface area is 194 Å². The number of pyridine rings is 1. The third-order valence-corrected chi connectivity index (χ3v) is 5.37. The van der Waals surface area contributed by atoms with E-state index in [2.05, 4.69) is 10.3 Å². The van der Waals surface area contributed by atoms with Gasteiger partial charge in [-0.15, -0.1) is 0 Å². The zero-order valence-corrected chi connectivity index (χ0v) is 19.0. The summed E-state index contributed by atoms with van der Waals surface area (Å²) in [6.45, 7) is 0. The van der Waals surface area contributed by atoms with Gasteiger partial charge in [0.1, 0.15) is 11.6 Å². The second-order valence-electron chi connectivity index (χ2n) is 6.57. The highest BCUT2D eigenvalue weighted by Crippen LogP contribution is 2.31. The molecule has 0 aliphatic rings. The molecule has 0 saturated heterocycles. The van der Waals surface area contributed by atoms with Gasteiger partial charge in [-0.05, 0) is 70.1 Å². The third-order valence-electron chi connectivity index (χ3n) is 4.20. The molecule has 1 amide bonds. The minimum absolute atomic E-state index is 0.131. The van der Waals surface area contributed by atoms with Crippen molar-refractivity contribution in [3.05, 3.63) is 80.3 Å². The lowest BCUT2D eigenvalue weighted by Crippen LogP contribution is -2.22. The number of nitrogens with two attached hydrogens (primary N) is 2. The van der Waals surface area contributed by atoms with Gasteiger partial charge >= 0.3 is 0 Å². The molecule has 0 unspecified atom stereocenters. The lowest BCUT2D eigenvalue weighted by Gasteiger charge is -2.15. The summed E-state index contributed by atoms with van der Waals surface area (Å²) in [5.74, 6) is -4.64. The van der Waals surface area contributed by atoms with Crippen LogP contribution in [0.4, 0.5) is 30.4 Å². The molecular weight excluding hydrogens is 562 g/mol. The van der Waals surface area contributed by atoms with E-state index in [1.807, 2.05) is 27.3 Å². The first-order valence-electron chi connectivity index (χ1n) is 8.73. The average molecular weight is 577 g/mol. The van der Waals surface area contributed by atoms with Crippen molar-refractivity contribution in [2.24, 2.45) is 10.9 Å². The molecule has 6 N–H and O–H groups in total. The fraction of sp³-hybridized carbons (Fsp3) is 0.0526. The van der Waals surface area contributed by atoms with Gasteiger partial charge in [-0.25, -0.2) is 23.3 Å². The number of benzene rings is 2. The minimum Gasteiger partial charge on any atom is -0.366 e. The number of rotatable bonds is 7. The lowest BCUT2D eigenvalue weighted by molar-refractivity contribution is 0.100. The molecule has 1 aromatic heterocycles. The SMILES string of the molecule is NC(=O)c1cc(Cc2ccnc(NS(N)(=O)=O)c2)c(F)c(F)c1Nc1ccc(I)cc1F. The average Bonchev–Trinajstić information content (AvgIpc) is 2.68. The number of hydrogen-bond acceptors (Lipinski definition) is 5. The van der Waals surface area contributed by atoms with Crippen LogP contribution in [0.1, 0.15) is 21.5 Å². The second kappa shape index (κ2) is 9.30. The molecule has 0 saturated carbocycles. The molecule has 3 aromatic rings. The summed E-state index contributed by atoms with van der Waals surface area (Å²) >= 11 is 1.88. The maximum Gasteiger partial charge on any atom is 0.297 e. The predicted octanol–water partition coefficient (Wildman–Crippen LogP) is 3.15. The van der Waals surface area contributed by atoms with Crippen molar-refractivity contribution in [1.82, 2.24) is 4.98 Å². The maximum atomic E-state index is 14.9. The standard InChI is InChI=1S/C19H15F3IN5O3S/c20-13-8-11(23)1-2-14(13)27-18-12(19(24)29)7-10(16(21)17(18)22)5-9-3-4-26-15(6-9)28-32(25,30)31/h1-4,6-8,27H,5H2,(H2,24,29)(H,26,28)(H2,25,30,31). The first-order chi connectivity index (χ1) is 14.9. The van der Waals surface area contributed by atoms with Gasteiger partial charge in [-0.1, -0.05) is 0 Å². The van der Waals surface area contributed by atoms with E-state index in [0.29, 0.717) is 9.13 Å². The number of amides is 1. The topological polar surface area (TPSA) is 140 Å². The molecule has 0 atom stereocenters. The maximum absolute atomic E-state index is 14.9. The number of primary amides is 1. The molecule has 0 radical (unpaired) electrons. The number of anilines is 3. The molecule has 13 heteroatoms. The monoisotopic (exact) mass is 577 g/mol. The number of halogens is 4. The van der Waals surface area contributed by atoms with E-state index in [0.717, 1.165) is 6.07 Å². The summed E-state index contributed by atoms with van der Waals surface area (Å²) in [6.07, 6.45) is 1.00.